The molecule has 1 aromatic rings. The Hall–Kier alpha value is -0.460. The lowest BCUT2D eigenvalue weighted by molar-refractivity contribution is 0.582. The first-order valence-electron chi connectivity index (χ1n) is 5.43. The van der Waals surface area contributed by atoms with Crippen molar-refractivity contribution in [2.75, 3.05) is 18.1 Å². The van der Waals surface area contributed by atoms with Crippen LogP contribution < -0.4 is 5.73 Å². The van der Waals surface area contributed by atoms with Gasteiger partial charge in [-0.3, -0.25) is 0 Å². The number of hydrogen-bond acceptors (Lipinski definition) is 5. The van der Waals surface area contributed by atoms with Gasteiger partial charge in [0.2, 0.25) is 0 Å². The smallest absolute Gasteiger partial charge is 0.150 e. The standard InChI is InChI=1S/C10H16N2O2S2/c11-3-1-9-6-12-10(15-9)5-8-2-4-16(13,14)7-8/h6,8H,1-5,7,11H2. The lowest BCUT2D eigenvalue weighted by Gasteiger charge is -2.02. The molecule has 1 unspecified atom stereocenters. The summed E-state index contributed by atoms with van der Waals surface area (Å²) in [5.74, 6) is 0.944. The minimum Gasteiger partial charge on any atom is -0.330 e. The van der Waals surface area contributed by atoms with Crippen molar-refractivity contribution in [1.82, 2.24) is 4.98 Å². The summed E-state index contributed by atoms with van der Waals surface area (Å²) in [6.07, 6.45) is 4.31. The van der Waals surface area contributed by atoms with Gasteiger partial charge in [-0.25, -0.2) is 13.4 Å². The Bertz CT molecular complexity index is 453. The molecule has 0 bridgehead atoms. The zero-order valence-corrected chi connectivity index (χ0v) is 10.7. The fourth-order valence-corrected chi connectivity index (χ4v) is 4.89. The third-order valence-electron chi connectivity index (χ3n) is 2.78. The van der Waals surface area contributed by atoms with Crippen LogP contribution >= 0.6 is 11.3 Å². The highest BCUT2D eigenvalue weighted by atomic mass is 32.2. The van der Waals surface area contributed by atoms with Gasteiger partial charge >= 0.3 is 0 Å². The quantitative estimate of drug-likeness (QED) is 0.861. The molecule has 2 rings (SSSR count). The van der Waals surface area contributed by atoms with Crippen LogP contribution in [0, 0.1) is 5.92 Å². The number of rotatable bonds is 4. The highest BCUT2D eigenvalue weighted by Gasteiger charge is 2.28. The van der Waals surface area contributed by atoms with Gasteiger partial charge in [-0.1, -0.05) is 0 Å². The van der Waals surface area contributed by atoms with Crippen LogP contribution in [0.1, 0.15) is 16.3 Å². The molecule has 0 spiro atoms. The van der Waals surface area contributed by atoms with Crippen molar-refractivity contribution in [2.45, 2.75) is 19.3 Å². The summed E-state index contributed by atoms with van der Waals surface area (Å²) < 4.78 is 22.6. The summed E-state index contributed by atoms with van der Waals surface area (Å²) in [5, 5.41) is 1.05. The van der Waals surface area contributed by atoms with E-state index in [1.165, 1.54) is 4.88 Å². The molecule has 0 amide bonds. The lowest BCUT2D eigenvalue weighted by atomic mass is 10.1. The molecular formula is C10H16N2O2S2. The minimum atomic E-state index is -2.76. The predicted molar refractivity (Wildman–Crippen MR) is 65.3 cm³/mol. The summed E-state index contributed by atoms with van der Waals surface area (Å²) in [7, 11) is -2.76. The van der Waals surface area contributed by atoms with E-state index in [4.69, 9.17) is 5.73 Å². The van der Waals surface area contributed by atoms with Crippen molar-refractivity contribution in [3.63, 3.8) is 0 Å². The summed E-state index contributed by atoms with van der Waals surface area (Å²) >= 11 is 1.66. The Balaban J connectivity index is 1.94. The van der Waals surface area contributed by atoms with E-state index in [1.54, 1.807) is 11.3 Å². The average molecular weight is 260 g/mol. The summed E-state index contributed by atoms with van der Waals surface area (Å²) in [6, 6.07) is 0. The predicted octanol–water partition coefficient (Wildman–Crippen LogP) is 0.621. The van der Waals surface area contributed by atoms with Crippen LogP contribution in [0.15, 0.2) is 6.20 Å². The number of sulfone groups is 1. The molecule has 0 aromatic carbocycles. The van der Waals surface area contributed by atoms with Gasteiger partial charge in [-0.15, -0.1) is 11.3 Å². The molecule has 1 aliphatic heterocycles. The second-order valence-corrected chi connectivity index (χ2v) is 7.66. The number of thiazole rings is 1. The molecule has 1 aliphatic rings. The molecule has 0 saturated carbocycles. The SMILES string of the molecule is NCCc1cnc(CC2CCS(=O)(=O)C2)s1. The Morgan fingerprint density at radius 3 is 3.00 bits per heavy atom. The molecule has 1 atom stereocenters. The fraction of sp³-hybridized carbons (Fsp3) is 0.700. The molecule has 1 saturated heterocycles. The normalized spacial score (nSPS) is 23.7. The molecular weight excluding hydrogens is 244 g/mol. The van der Waals surface area contributed by atoms with E-state index < -0.39 is 9.84 Å². The van der Waals surface area contributed by atoms with Crippen molar-refractivity contribution in [1.29, 1.82) is 0 Å². The molecule has 6 heteroatoms. The summed E-state index contributed by atoms with van der Waals surface area (Å²) in [4.78, 5) is 5.51. The highest BCUT2D eigenvalue weighted by Crippen LogP contribution is 2.24. The van der Waals surface area contributed by atoms with Gasteiger partial charge in [-0.05, 0) is 25.3 Å². The topological polar surface area (TPSA) is 73.0 Å². The molecule has 90 valence electrons. The van der Waals surface area contributed by atoms with Crippen molar-refractivity contribution in [3.8, 4) is 0 Å². The number of aromatic nitrogens is 1. The van der Waals surface area contributed by atoms with Crippen LogP contribution in [0.4, 0.5) is 0 Å². The zero-order chi connectivity index (χ0) is 11.6. The van der Waals surface area contributed by atoms with E-state index in [0.717, 1.165) is 24.3 Å². The van der Waals surface area contributed by atoms with Crippen molar-refractivity contribution < 1.29 is 8.42 Å². The van der Waals surface area contributed by atoms with Crippen molar-refractivity contribution in [3.05, 3.63) is 16.1 Å². The summed E-state index contributed by atoms with van der Waals surface area (Å²) in [5.41, 5.74) is 5.47. The molecule has 0 radical (unpaired) electrons. The van der Waals surface area contributed by atoms with Crippen LogP contribution in [0.5, 0.6) is 0 Å². The first-order valence-corrected chi connectivity index (χ1v) is 8.07. The van der Waals surface area contributed by atoms with Gasteiger partial charge in [-0.2, -0.15) is 0 Å². The number of nitrogens with zero attached hydrogens (tertiary/aromatic N) is 1. The first-order chi connectivity index (χ1) is 7.59. The maximum absolute atomic E-state index is 11.3. The molecule has 16 heavy (non-hydrogen) atoms. The van der Waals surface area contributed by atoms with E-state index in [-0.39, 0.29) is 5.92 Å². The average Bonchev–Trinajstić information content (AvgIpc) is 2.75. The lowest BCUT2D eigenvalue weighted by Crippen LogP contribution is -2.07. The van der Waals surface area contributed by atoms with Crippen LogP contribution in [0.3, 0.4) is 0 Å². The Morgan fingerprint density at radius 1 is 1.56 bits per heavy atom. The van der Waals surface area contributed by atoms with Gasteiger partial charge in [0.25, 0.3) is 0 Å². The zero-order valence-electron chi connectivity index (χ0n) is 9.05. The van der Waals surface area contributed by atoms with Gasteiger partial charge in [0, 0.05) is 17.5 Å². The third-order valence-corrected chi connectivity index (χ3v) is 5.70. The first kappa shape index (κ1) is 12.0. The Labute approximate surface area is 99.8 Å². The van der Waals surface area contributed by atoms with Crippen molar-refractivity contribution >= 4 is 21.2 Å². The largest absolute Gasteiger partial charge is 0.330 e. The van der Waals surface area contributed by atoms with E-state index in [1.807, 2.05) is 6.20 Å². The van der Waals surface area contributed by atoms with Crippen LogP contribution in [0.25, 0.3) is 0 Å². The maximum atomic E-state index is 11.3. The minimum absolute atomic E-state index is 0.266. The maximum Gasteiger partial charge on any atom is 0.150 e. The third kappa shape index (κ3) is 3.02. The molecule has 0 aliphatic carbocycles. The fourth-order valence-electron chi connectivity index (χ4n) is 1.98. The Morgan fingerprint density at radius 2 is 2.38 bits per heavy atom. The van der Waals surface area contributed by atoms with Gasteiger partial charge in [0.05, 0.1) is 16.5 Å². The molecule has 2 heterocycles. The molecule has 2 N–H and O–H groups in total. The van der Waals surface area contributed by atoms with Gasteiger partial charge in [0.15, 0.2) is 9.84 Å². The van der Waals surface area contributed by atoms with Gasteiger partial charge in [0.1, 0.15) is 0 Å². The molecule has 1 fully saturated rings. The second kappa shape index (κ2) is 4.81. The number of nitrogens with two attached hydrogens (primary N) is 1. The molecule has 1 aromatic heterocycles. The van der Waals surface area contributed by atoms with E-state index in [2.05, 4.69) is 4.98 Å². The van der Waals surface area contributed by atoms with E-state index >= 15 is 0 Å². The Kier molecular flexibility index (Phi) is 3.61. The van der Waals surface area contributed by atoms with E-state index in [0.29, 0.717) is 18.1 Å². The van der Waals surface area contributed by atoms with Crippen LogP contribution in [-0.2, 0) is 22.7 Å². The summed E-state index contributed by atoms with van der Waals surface area (Å²) in [6.45, 7) is 0.638. The van der Waals surface area contributed by atoms with E-state index in [9.17, 15) is 8.42 Å². The number of hydrogen-bond donors (Lipinski definition) is 1. The molecule has 4 nitrogen and oxygen atoms in total. The highest BCUT2D eigenvalue weighted by molar-refractivity contribution is 7.91. The monoisotopic (exact) mass is 260 g/mol. The van der Waals surface area contributed by atoms with Gasteiger partial charge < -0.3 is 5.73 Å². The van der Waals surface area contributed by atoms with Crippen LogP contribution in [0.2, 0.25) is 0 Å². The second-order valence-electron chi connectivity index (χ2n) is 4.23. The van der Waals surface area contributed by atoms with Crippen molar-refractivity contribution in [2.24, 2.45) is 11.7 Å². The van der Waals surface area contributed by atoms with Crippen LogP contribution in [-0.4, -0.2) is 31.5 Å².